The molecule has 33 heavy (non-hydrogen) atoms. The van der Waals surface area contributed by atoms with Gasteiger partial charge in [-0.05, 0) is 30.2 Å². The highest BCUT2D eigenvalue weighted by atomic mass is 32.1. The molecule has 0 aliphatic carbocycles. The molecule has 1 aromatic heterocycles. The minimum atomic E-state index is -0.905. The predicted octanol–water partition coefficient (Wildman–Crippen LogP) is 1.66. The maximum Gasteiger partial charge on any atom is 0.245 e. The van der Waals surface area contributed by atoms with Crippen LogP contribution in [-0.2, 0) is 25.7 Å². The molecule has 1 atom stereocenters. The summed E-state index contributed by atoms with van der Waals surface area (Å²) in [7, 11) is 1.48. The van der Waals surface area contributed by atoms with Crippen molar-refractivity contribution in [3.8, 4) is 0 Å². The number of carbonyl (C=O) groups is 3. The molecule has 3 rings (SSSR count). The van der Waals surface area contributed by atoms with Crippen LogP contribution in [0.1, 0.15) is 11.1 Å². The zero-order chi connectivity index (χ0) is 23.8. The number of nitrogens with one attached hydrogen (secondary N) is 2. The highest BCUT2D eigenvalue weighted by Gasteiger charge is 2.18. The van der Waals surface area contributed by atoms with E-state index in [9.17, 15) is 14.4 Å². The molecule has 10 heteroatoms. The quantitative estimate of drug-likeness (QED) is 0.415. The molecular formula is C23H27N5O4S. The topological polar surface area (TPSA) is 127 Å². The Morgan fingerprint density at radius 3 is 2.70 bits per heavy atom. The molecule has 174 valence electrons. The average Bonchev–Trinajstić information content (AvgIpc) is 3.18. The molecule has 0 aliphatic heterocycles. The van der Waals surface area contributed by atoms with Crippen LogP contribution in [0.3, 0.4) is 0 Å². The Balaban J connectivity index is 1.38. The SMILES string of the molecule is Cc1ccc2nc(NC(=O)CN(C)C(=O)CNC(=O)C(N)COCc3ccccc3)sc2c1. The fourth-order valence-corrected chi connectivity index (χ4v) is 3.91. The van der Waals surface area contributed by atoms with Gasteiger partial charge in [-0.2, -0.15) is 0 Å². The fraction of sp³-hybridized carbons (Fsp3) is 0.304. The third kappa shape index (κ3) is 7.35. The van der Waals surface area contributed by atoms with Crippen molar-refractivity contribution in [2.45, 2.75) is 19.6 Å². The van der Waals surface area contributed by atoms with E-state index in [0.29, 0.717) is 11.7 Å². The van der Waals surface area contributed by atoms with Crippen LogP contribution in [0.15, 0.2) is 48.5 Å². The van der Waals surface area contributed by atoms with Gasteiger partial charge in [0.15, 0.2) is 5.13 Å². The normalized spacial score (nSPS) is 11.7. The van der Waals surface area contributed by atoms with Crippen LogP contribution in [0.5, 0.6) is 0 Å². The molecule has 1 heterocycles. The third-order valence-electron chi connectivity index (χ3n) is 4.76. The Labute approximate surface area is 195 Å². The summed E-state index contributed by atoms with van der Waals surface area (Å²) in [4.78, 5) is 42.3. The van der Waals surface area contributed by atoms with Crippen LogP contribution in [0.4, 0.5) is 5.13 Å². The maximum atomic E-state index is 12.3. The summed E-state index contributed by atoms with van der Waals surface area (Å²) in [6.07, 6.45) is 0. The van der Waals surface area contributed by atoms with Gasteiger partial charge in [0, 0.05) is 7.05 Å². The molecule has 0 aliphatic rings. The van der Waals surface area contributed by atoms with Gasteiger partial charge in [0.1, 0.15) is 6.04 Å². The Bertz CT molecular complexity index is 1120. The first-order valence-corrected chi connectivity index (χ1v) is 11.2. The van der Waals surface area contributed by atoms with Crippen LogP contribution in [0.25, 0.3) is 10.2 Å². The maximum absolute atomic E-state index is 12.3. The third-order valence-corrected chi connectivity index (χ3v) is 5.69. The number of benzene rings is 2. The van der Waals surface area contributed by atoms with Crippen molar-refractivity contribution in [1.29, 1.82) is 0 Å². The lowest BCUT2D eigenvalue weighted by atomic mass is 10.2. The van der Waals surface area contributed by atoms with Crippen molar-refractivity contribution in [1.82, 2.24) is 15.2 Å². The monoisotopic (exact) mass is 469 g/mol. The van der Waals surface area contributed by atoms with Gasteiger partial charge < -0.3 is 26.0 Å². The summed E-state index contributed by atoms with van der Waals surface area (Å²) >= 11 is 1.37. The van der Waals surface area contributed by atoms with Crippen LogP contribution < -0.4 is 16.4 Å². The predicted molar refractivity (Wildman–Crippen MR) is 128 cm³/mol. The molecule has 0 saturated carbocycles. The number of aryl methyl sites for hydroxylation is 1. The van der Waals surface area contributed by atoms with E-state index >= 15 is 0 Å². The Morgan fingerprint density at radius 1 is 1.18 bits per heavy atom. The lowest BCUT2D eigenvalue weighted by Gasteiger charge is -2.18. The van der Waals surface area contributed by atoms with Crippen molar-refractivity contribution >= 4 is 44.4 Å². The summed E-state index contributed by atoms with van der Waals surface area (Å²) in [5.41, 5.74) is 8.71. The van der Waals surface area contributed by atoms with Gasteiger partial charge in [0.25, 0.3) is 0 Å². The Hall–Kier alpha value is -3.34. The molecule has 3 aromatic rings. The van der Waals surface area contributed by atoms with E-state index in [2.05, 4.69) is 15.6 Å². The largest absolute Gasteiger partial charge is 0.375 e. The molecule has 0 radical (unpaired) electrons. The highest BCUT2D eigenvalue weighted by molar-refractivity contribution is 7.22. The molecule has 1 unspecified atom stereocenters. The number of hydrogen-bond donors (Lipinski definition) is 3. The number of nitrogens with zero attached hydrogens (tertiary/aromatic N) is 2. The molecular weight excluding hydrogens is 442 g/mol. The lowest BCUT2D eigenvalue weighted by molar-refractivity contribution is -0.134. The number of fused-ring (bicyclic) bond motifs is 1. The van der Waals surface area contributed by atoms with E-state index < -0.39 is 17.9 Å². The number of aromatic nitrogens is 1. The first-order chi connectivity index (χ1) is 15.8. The summed E-state index contributed by atoms with van der Waals surface area (Å²) in [6.45, 7) is 1.91. The molecule has 4 N–H and O–H groups in total. The smallest absolute Gasteiger partial charge is 0.245 e. The van der Waals surface area contributed by atoms with Crippen molar-refractivity contribution in [3.05, 3.63) is 59.7 Å². The zero-order valence-corrected chi connectivity index (χ0v) is 19.4. The zero-order valence-electron chi connectivity index (χ0n) is 18.5. The molecule has 3 amide bonds. The van der Waals surface area contributed by atoms with Gasteiger partial charge >= 0.3 is 0 Å². The van der Waals surface area contributed by atoms with Gasteiger partial charge in [0.2, 0.25) is 17.7 Å². The van der Waals surface area contributed by atoms with Crippen LogP contribution in [-0.4, -0.2) is 60.4 Å². The second-order valence-electron chi connectivity index (χ2n) is 7.61. The second kappa shape index (κ2) is 11.5. The number of carbonyl (C=O) groups excluding carboxylic acids is 3. The van der Waals surface area contributed by atoms with E-state index in [-0.39, 0.29) is 25.6 Å². The first kappa shape index (κ1) is 24.3. The minimum absolute atomic E-state index is 0.0227. The van der Waals surface area contributed by atoms with E-state index in [1.807, 2.05) is 55.5 Å². The fourth-order valence-electron chi connectivity index (χ4n) is 2.93. The van der Waals surface area contributed by atoms with Gasteiger partial charge in [0.05, 0.1) is 36.5 Å². The number of anilines is 1. The van der Waals surface area contributed by atoms with Gasteiger partial charge in [-0.25, -0.2) is 4.98 Å². The standard InChI is InChI=1S/C23H27N5O4S/c1-15-8-9-18-19(10-15)33-23(26-18)27-20(29)12-28(2)21(30)11-25-22(31)17(24)14-32-13-16-6-4-3-5-7-16/h3-10,17H,11-14,24H2,1-2H3,(H,25,31)(H,26,27,29). The number of hydrogen-bond acceptors (Lipinski definition) is 7. The molecule has 0 bridgehead atoms. The number of amides is 3. The van der Waals surface area contributed by atoms with Crippen molar-refractivity contribution in [2.24, 2.45) is 5.73 Å². The summed E-state index contributed by atoms with van der Waals surface area (Å²) in [6, 6.07) is 14.5. The molecule has 2 aromatic carbocycles. The van der Waals surface area contributed by atoms with Gasteiger partial charge in [-0.15, -0.1) is 0 Å². The lowest BCUT2D eigenvalue weighted by Crippen LogP contribution is -2.48. The summed E-state index contributed by atoms with van der Waals surface area (Å²) in [5, 5.41) is 5.66. The van der Waals surface area contributed by atoms with E-state index in [0.717, 1.165) is 21.3 Å². The Kier molecular flexibility index (Phi) is 8.47. The van der Waals surface area contributed by atoms with E-state index in [4.69, 9.17) is 10.5 Å². The average molecular weight is 470 g/mol. The molecule has 9 nitrogen and oxygen atoms in total. The number of thiazole rings is 1. The Morgan fingerprint density at radius 2 is 1.94 bits per heavy atom. The molecule has 0 fully saturated rings. The number of rotatable bonds is 10. The molecule has 0 saturated heterocycles. The van der Waals surface area contributed by atoms with Crippen molar-refractivity contribution in [3.63, 3.8) is 0 Å². The second-order valence-corrected chi connectivity index (χ2v) is 8.64. The van der Waals surface area contributed by atoms with Gasteiger partial charge in [-0.1, -0.05) is 47.7 Å². The number of ether oxygens (including phenoxy) is 1. The van der Waals surface area contributed by atoms with E-state index in [1.54, 1.807) is 0 Å². The minimum Gasteiger partial charge on any atom is -0.375 e. The summed E-state index contributed by atoms with van der Waals surface area (Å²) < 4.78 is 6.43. The first-order valence-electron chi connectivity index (χ1n) is 10.4. The highest BCUT2D eigenvalue weighted by Crippen LogP contribution is 2.26. The summed E-state index contributed by atoms with van der Waals surface area (Å²) in [5.74, 6) is -1.30. The van der Waals surface area contributed by atoms with Crippen LogP contribution in [0.2, 0.25) is 0 Å². The van der Waals surface area contributed by atoms with Crippen molar-refractivity contribution < 1.29 is 19.1 Å². The number of likely N-dealkylation sites (N-methyl/N-ethyl adjacent to an activating group) is 1. The number of nitrogens with two attached hydrogens (primary N) is 1. The molecule has 0 spiro atoms. The van der Waals surface area contributed by atoms with Crippen LogP contribution >= 0.6 is 11.3 Å². The van der Waals surface area contributed by atoms with E-state index in [1.165, 1.54) is 23.3 Å². The van der Waals surface area contributed by atoms with Crippen molar-refractivity contribution in [2.75, 3.05) is 32.1 Å². The van der Waals surface area contributed by atoms with Gasteiger partial charge in [-0.3, -0.25) is 14.4 Å². The van der Waals surface area contributed by atoms with Crippen LogP contribution in [0, 0.1) is 6.92 Å².